The van der Waals surface area contributed by atoms with Crippen molar-refractivity contribution in [2.75, 3.05) is 7.11 Å². The molecule has 0 radical (unpaired) electrons. The van der Waals surface area contributed by atoms with Gasteiger partial charge in [-0.05, 0) is 42.0 Å². The predicted octanol–water partition coefficient (Wildman–Crippen LogP) is 2.57. The fourth-order valence-electron chi connectivity index (χ4n) is 1.67. The van der Waals surface area contributed by atoms with E-state index in [9.17, 15) is 4.79 Å². The zero-order chi connectivity index (χ0) is 14.5. The Balaban J connectivity index is 2.08. The smallest absolute Gasteiger partial charge is 0.325 e. The molecule has 2 aromatic carbocycles. The van der Waals surface area contributed by atoms with Crippen LogP contribution in [0.4, 0.5) is 0 Å². The van der Waals surface area contributed by atoms with Gasteiger partial charge in [0.05, 0.1) is 7.11 Å². The van der Waals surface area contributed by atoms with Crippen LogP contribution in [0.1, 0.15) is 11.6 Å². The van der Waals surface area contributed by atoms with Gasteiger partial charge in [-0.15, -0.1) is 0 Å². The lowest BCUT2D eigenvalue weighted by Crippen LogP contribution is -2.20. The van der Waals surface area contributed by atoms with Crippen LogP contribution in [0.15, 0.2) is 48.5 Å². The van der Waals surface area contributed by atoms with Gasteiger partial charge in [0.25, 0.3) is 0 Å². The molecule has 0 aromatic heterocycles. The van der Waals surface area contributed by atoms with Gasteiger partial charge in [0.1, 0.15) is 23.3 Å². The van der Waals surface area contributed by atoms with Gasteiger partial charge in [0, 0.05) is 0 Å². The second-order valence-corrected chi connectivity index (χ2v) is 4.16. The van der Waals surface area contributed by atoms with Gasteiger partial charge in [-0.1, -0.05) is 12.1 Å². The summed E-state index contributed by atoms with van der Waals surface area (Å²) in [5, 5.41) is 8.82. The van der Waals surface area contributed by atoms with Gasteiger partial charge in [-0.2, -0.15) is 0 Å². The largest absolute Gasteiger partial charge is 0.497 e. The summed E-state index contributed by atoms with van der Waals surface area (Å²) in [6.07, 6.45) is 0. The molecule has 1 atom stereocenters. The molecule has 3 N–H and O–H groups in total. The van der Waals surface area contributed by atoms with E-state index in [0.29, 0.717) is 17.1 Å². The number of hydrogen-bond acceptors (Lipinski definition) is 4. The van der Waals surface area contributed by atoms with Crippen LogP contribution in [-0.2, 0) is 4.79 Å². The van der Waals surface area contributed by atoms with E-state index in [0.717, 1.165) is 5.75 Å². The molecule has 20 heavy (non-hydrogen) atoms. The summed E-state index contributed by atoms with van der Waals surface area (Å²) < 4.78 is 10.7. The first-order valence-corrected chi connectivity index (χ1v) is 6.00. The minimum Gasteiger partial charge on any atom is -0.497 e. The van der Waals surface area contributed by atoms with Crippen molar-refractivity contribution >= 4 is 5.97 Å². The maximum absolute atomic E-state index is 10.8. The zero-order valence-electron chi connectivity index (χ0n) is 10.9. The van der Waals surface area contributed by atoms with Crippen molar-refractivity contribution in [2.45, 2.75) is 6.04 Å². The number of hydrogen-bond donors (Lipinski definition) is 2. The summed E-state index contributed by atoms with van der Waals surface area (Å²) in [6.45, 7) is 0. The van der Waals surface area contributed by atoms with E-state index in [4.69, 9.17) is 20.3 Å². The molecule has 0 spiro atoms. The Morgan fingerprint density at radius 3 is 1.90 bits per heavy atom. The highest BCUT2D eigenvalue weighted by molar-refractivity contribution is 5.75. The first kappa shape index (κ1) is 13.9. The fraction of sp³-hybridized carbons (Fsp3) is 0.133. The third-order valence-electron chi connectivity index (χ3n) is 2.80. The Morgan fingerprint density at radius 2 is 1.45 bits per heavy atom. The molecule has 5 nitrogen and oxygen atoms in total. The molecule has 0 heterocycles. The summed E-state index contributed by atoms with van der Waals surface area (Å²) >= 11 is 0. The molecule has 104 valence electrons. The van der Waals surface area contributed by atoms with Crippen molar-refractivity contribution in [3.05, 3.63) is 54.1 Å². The normalized spacial score (nSPS) is 11.7. The molecule has 0 fully saturated rings. The van der Waals surface area contributed by atoms with Crippen LogP contribution in [0.3, 0.4) is 0 Å². The van der Waals surface area contributed by atoms with E-state index in [2.05, 4.69) is 0 Å². The standard InChI is InChI=1S/C15H15NO4/c1-19-11-6-8-13(9-7-11)20-12-4-2-10(3-5-12)14(16)15(17)18/h2-9,14H,16H2,1H3,(H,17,18). The highest BCUT2D eigenvalue weighted by Gasteiger charge is 2.13. The lowest BCUT2D eigenvalue weighted by Gasteiger charge is -2.09. The molecule has 0 bridgehead atoms. The fourth-order valence-corrected chi connectivity index (χ4v) is 1.67. The molecular weight excluding hydrogens is 258 g/mol. The van der Waals surface area contributed by atoms with E-state index in [1.54, 1.807) is 55.6 Å². The van der Waals surface area contributed by atoms with Gasteiger partial charge in [0.2, 0.25) is 0 Å². The summed E-state index contributed by atoms with van der Waals surface area (Å²) in [7, 11) is 1.60. The molecular formula is C15H15NO4. The predicted molar refractivity (Wildman–Crippen MR) is 74.1 cm³/mol. The Labute approximate surface area is 116 Å². The van der Waals surface area contributed by atoms with Crippen LogP contribution in [0.5, 0.6) is 17.2 Å². The molecule has 0 aliphatic rings. The number of methoxy groups -OCH3 is 1. The van der Waals surface area contributed by atoms with Gasteiger partial charge >= 0.3 is 5.97 Å². The Kier molecular flexibility index (Phi) is 4.22. The number of aliphatic carboxylic acids is 1. The van der Waals surface area contributed by atoms with Crippen LogP contribution in [0, 0.1) is 0 Å². The van der Waals surface area contributed by atoms with Crippen molar-refractivity contribution in [1.29, 1.82) is 0 Å². The Bertz CT molecular complexity index is 578. The number of carboxylic acid groups (broad SMARTS) is 1. The van der Waals surface area contributed by atoms with Crippen molar-refractivity contribution in [2.24, 2.45) is 5.73 Å². The van der Waals surface area contributed by atoms with Crippen molar-refractivity contribution < 1.29 is 19.4 Å². The Hall–Kier alpha value is -2.53. The lowest BCUT2D eigenvalue weighted by molar-refractivity contribution is -0.138. The third-order valence-corrected chi connectivity index (χ3v) is 2.80. The number of ether oxygens (including phenoxy) is 2. The highest BCUT2D eigenvalue weighted by atomic mass is 16.5. The SMILES string of the molecule is COc1ccc(Oc2ccc(C(N)C(=O)O)cc2)cc1. The third kappa shape index (κ3) is 3.27. The van der Waals surface area contributed by atoms with E-state index in [1.165, 1.54) is 0 Å². The van der Waals surface area contributed by atoms with Crippen LogP contribution >= 0.6 is 0 Å². The maximum atomic E-state index is 10.8. The minimum atomic E-state index is -1.06. The Morgan fingerprint density at radius 1 is 1.00 bits per heavy atom. The molecule has 0 aliphatic heterocycles. The van der Waals surface area contributed by atoms with Gasteiger partial charge in [-0.25, -0.2) is 0 Å². The molecule has 0 amide bonds. The number of nitrogens with two attached hydrogens (primary N) is 1. The van der Waals surface area contributed by atoms with Gasteiger partial charge < -0.3 is 20.3 Å². The molecule has 2 rings (SSSR count). The molecule has 1 unspecified atom stereocenters. The quantitative estimate of drug-likeness (QED) is 0.875. The summed E-state index contributed by atoms with van der Waals surface area (Å²) in [4.78, 5) is 10.8. The highest BCUT2D eigenvalue weighted by Crippen LogP contribution is 2.24. The van der Waals surface area contributed by atoms with Gasteiger partial charge in [0.15, 0.2) is 0 Å². The summed E-state index contributed by atoms with van der Waals surface area (Å²) in [5.74, 6) is 0.964. The molecule has 0 aliphatic carbocycles. The number of carbonyl (C=O) groups is 1. The van der Waals surface area contributed by atoms with Crippen LogP contribution < -0.4 is 15.2 Å². The van der Waals surface area contributed by atoms with Crippen LogP contribution in [0.2, 0.25) is 0 Å². The van der Waals surface area contributed by atoms with Crippen LogP contribution in [0.25, 0.3) is 0 Å². The van der Waals surface area contributed by atoms with E-state index in [-0.39, 0.29) is 0 Å². The lowest BCUT2D eigenvalue weighted by atomic mass is 10.1. The molecule has 5 heteroatoms. The van der Waals surface area contributed by atoms with E-state index >= 15 is 0 Å². The zero-order valence-corrected chi connectivity index (χ0v) is 10.9. The van der Waals surface area contributed by atoms with E-state index < -0.39 is 12.0 Å². The first-order chi connectivity index (χ1) is 9.60. The monoisotopic (exact) mass is 273 g/mol. The number of carboxylic acids is 1. The first-order valence-electron chi connectivity index (χ1n) is 6.00. The van der Waals surface area contributed by atoms with Gasteiger partial charge in [-0.3, -0.25) is 4.79 Å². The van der Waals surface area contributed by atoms with Crippen LogP contribution in [-0.4, -0.2) is 18.2 Å². The summed E-state index contributed by atoms with van der Waals surface area (Å²) in [6, 6.07) is 12.8. The topological polar surface area (TPSA) is 81.8 Å². The summed E-state index contributed by atoms with van der Waals surface area (Å²) in [5.41, 5.74) is 6.05. The average molecular weight is 273 g/mol. The number of benzene rings is 2. The molecule has 2 aromatic rings. The second-order valence-electron chi connectivity index (χ2n) is 4.16. The number of rotatable bonds is 5. The van der Waals surface area contributed by atoms with Crippen molar-refractivity contribution in [1.82, 2.24) is 0 Å². The van der Waals surface area contributed by atoms with Crippen molar-refractivity contribution in [3.8, 4) is 17.2 Å². The average Bonchev–Trinajstić information content (AvgIpc) is 2.48. The molecule has 0 saturated heterocycles. The maximum Gasteiger partial charge on any atom is 0.325 e. The molecule has 0 saturated carbocycles. The van der Waals surface area contributed by atoms with Crippen molar-refractivity contribution in [3.63, 3.8) is 0 Å². The van der Waals surface area contributed by atoms with E-state index in [1.807, 2.05) is 0 Å². The minimum absolute atomic E-state index is 0.527. The second kappa shape index (κ2) is 6.08.